The molecule has 5 nitrogen and oxygen atoms in total. The third-order valence-corrected chi connectivity index (χ3v) is 4.82. The Morgan fingerprint density at radius 3 is 2.42 bits per heavy atom. The summed E-state index contributed by atoms with van der Waals surface area (Å²) in [7, 11) is 1.69. The van der Waals surface area contributed by atoms with Gasteiger partial charge in [-0.05, 0) is 17.7 Å². The van der Waals surface area contributed by atoms with Crippen LogP contribution in [0.25, 0.3) is 11.3 Å². The van der Waals surface area contributed by atoms with E-state index in [0.717, 1.165) is 38.5 Å². The largest absolute Gasteiger partial charge is 0.497 e. The molecule has 1 aliphatic rings. The molecular formula is C21H24N4O. The molecule has 3 aromatic rings. The van der Waals surface area contributed by atoms with Gasteiger partial charge in [0.15, 0.2) is 0 Å². The maximum Gasteiger partial charge on any atom is 0.118 e. The van der Waals surface area contributed by atoms with E-state index in [1.807, 2.05) is 18.3 Å². The normalized spacial score (nSPS) is 14.4. The summed E-state index contributed by atoms with van der Waals surface area (Å²) in [5.41, 5.74) is 4.81. The minimum Gasteiger partial charge on any atom is -0.497 e. The highest BCUT2D eigenvalue weighted by atomic mass is 16.5. The predicted octanol–water partition coefficient (Wildman–Crippen LogP) is 3.02. The SMILES string of the molecule is COc1ccc(Cn2ncc(N3CCNCC3)c2-c2ccccc2)cc1. The molecule has 1 N–H and O–H groups in total. The van der Waals surface area contributed by atoms with Gasteiger partial charge in [-0.1, -0.05) is 42.5 Å². The summed E-state index contributed by atoms with van der Waals surface area (Å²) in [5, 5.41) is 8.15. The van der Waals surface area contributed by atoms with Crippen LogP contribution in [0.1, 0.15) is 5.56 Å². The second-order valence-corrected chi connectivity index (χ2v) is 6.49. The molecule has 0 aliphatic carbocycles. The fraction of sp³-hybridized carbons (Fsp3) is 0.286. The van der Waals surface area contributed by atoms with Crippen LogP contribution in [-0.4, -0.2) is 43.1 Å². The number of anilines is 1. The number of methoxy groups -OCH3 is 1. The molecule has 2 heterocycles. The van der Waals surface area contributed by atoms with E-state index in [1.54, 1.807) is 7.11 Å². The van der Waals surface area contributed by atoms with Crippen LogP contribution in [0.2, 0.25) is 0 Å². The average Bonchev–Trinajstić information content (AvgIpc) is 3.13. The van der Waals surface area contributed by atoms with Crippen molar-refractivity contribution in [1.82, 2.24) is 15.1 Å². The van der Waals surface area contributed by atoms with Crippen LogP contribution in [0.15, 0.2) is 60.8 Å². The number of nitrogens with one attached hydrogen (secondary N) is 1. The van der Waals surface area contributed by atoms with Crippen molar-refractivity contribution in [3.63, 3.8) is 0 Å². The zero-order valence-corrected chi connectivity index (χ0v) is 15.1. The highest BCUT2D eigenvalue weighted by Gasteiger charge is 2.20. The van der Waals surface area contributed by atoms with E-state index in [0.29, 0.717) is 0 Å². The molecule has 0 spiro atoms. The summed E-state index contributed by atoms with van der Waals surface area (Å²) in [4.78, 5) is 2.43. The van der Waals surface area contributed by atoms with Crippen LogP contribution >= 0.6 is 0 Å². The van der Waals surface area contributed by atoms with Gasteiger partial charge in [0.25, 0.3) is 0 Å². The maximum atomic E-state index is 5.26. The number of nitrogens with zero attached hydrogens (tertiary/aromatic N) is 3. The number of rotatable bonds is 5. The van der Waals surface area contributed by atoms with Crippen molar-refractivity contribution in [2.24, 2.45) is 0 Å². The van der Waals surface area contributed by atoms with Gasteiger partial charge in [0.2, 0.25) is 0 Å². The number of hydrogen-bond acceptors (Lipinski definition) is 4. The number of ether oxygens (including phenoxy) is 1. The zero-order valence-electron chi connectivity index (χ0n) is 15.1. The quantitative estimate of drug-likeness (QED) is 0.770. The second kappa shape index (κ2) is 7.62. The first-order valence-electron chi connectivity index (χ1n) is 9.05. The third kappa shape index (κ3) is 3.44. The van der Waals surface area contributed by atoms with Gasteiger partial charge in [-0.2, -0.15) is 5.10 Å². The molecule has 2 aromatic carbocycles. The molecule has 1 fully saturated rings. The van der Waals surface area contributed by atoms with E-state index in [2.05, 4.69) is 57.4 Å². The van der Waals surface area contributed by atoms with Crippen molar-refractivity contribution in [3.05, 3.63) is 66.4 Å². The van der Waals surface area contributed by atoms with Crippen molar-refractivity contribution in [2.75, 3.05) is 38.2 Å². The number of piperazine rings is 1. The zero-order chi connectivity index (χ0) is 17.8. The number of aromatic nitrogens is 2. The molecule has 0 unspecified atom stereocenters. The van der Waals surface area contributed by atoms with Crippen molar-refractivity contribution in [3.8, 4) is 17.0 Å². The minimum absolute atomic E-state index is 0.736. The van der Waals surface area contributed by atoms with Crippen molar-refractivity contribution < 1.29 is 4.74 Å². The summed E-state index contributed by atoms with van der Waals surface area (Å²) in [6.45, 7) is 4.78. The lowest BCUT2D eigenvalue weighted by molar-refractivity contribution is 0.414. The van der Waals surface area contributed by atoms with Gasteiger partial charge in [0.05, 0.1) is 31.2 Å². The minimum atomic E-state index is 0.736. The summed E-state index contributed by atoms with van der Waals surface area (Å²) in [5.74, 6) is 0.874. The summed E-state index contributed by atoms with van der Waals surface area (Å²) >= 11 is 0. The first-order valence-corrected chi connectivity index (χ1v) is 9.05. The van der Waals surface area contributed by atoms with Crippen LogP contribution in [0.4, 0.5) is 5.69 Å². The number of hydrogen-bond donors (Lipinski definition) is 1. The fourth-order valence-corrected chi connectivity index (χ4v) is 3.43. The van der Waals surface area contributed by atoms with Crippen LogP contribution in [0, 0.1) is 0 Å². The summed E-state index contributed by atoms with van der Waals surface area (Å²) in [6, 6.07) is 18.7. The molecular weight excluding hydrogens is 324 g/mol. The molecule has 5 heteroatoms. The van der Waals surface area contributed by atoms with E-state index in [9.17, 15) is 0 Å². The molecule has 1 saturated heterocycles. The second-order valence-electron chi connectivity index (χ2n) is 6.49. The van der Waals surface area contributed by atoms with E-state index in [1.165, 1.54) is 22.5 Å². The van der Waals surface area contributed by atoms with E-state index in [-0.39, 0.29) is 0 Å². The Bertz CT molecular complexity index is 836. The lowest BCUT2D eigenvalue weighted by atomic mass is 10.1. The van der Waals surface area contributed by atoms with Crippen molar-refractivity contribution in [2.45, 2.75) is 6.54 Å². The van der Waals surface area contributed by atoms with Gasteiger partial charge in [-0.3, -0.25) is 4.68 Å². The Balaban J connectivity index is 1.70. The smallest absolute Gasteiger partial charge is 0.118 e. The van der Waals surface area contributed by atoms with Gasteiger partial charge >= 0.3 is 0 Å². The average molecular weight is 348 g/mol. The third-order valence-electron chi connectivity index (χ3n) is 4.82. The van der Waals surface area contributed by atoms with Crippen molar-refractivity contribution >= 4 is 5.69 Å². The molecule has 0 bridgehead atoms. The number of benzene rings is 2. The Morgan fingerprint density at radius 1 is 1.00 bits per heavy atom. The molecule has 0 atom stereocenters. The molecule has 1 aliphatic heterocycles. The first-order chi connectivity index (χ1) is 12.8. The standard InChI is InChI=1S/C21H24N4O/c1-26-19-9-7-17(8-10-19)16-25-21(18-5-3-2-4-6-18)20(15-23-25)24-13-11-22-12-14-24/h2-10,15,22H,11-14,16H2,1H3. The van der Waals surface area contributed by atoms with Gasteiger partial charge in [-0.15, -0.1) is 0 Å². The Kier molecular flexibility index (Phi) is 4.88. The maximum absolute atomic E-state index is 5.26. The van der Waals surface area contributed by atoms with Gasteiger partial charge in [-0.25, -0.2) is 0 Å². The monoisotopic (exact) mass is 348 g/mol. The van der Waals surface area contributed by atoms with E-state index >= 15 is 0 Å². The molecule has 4 rings (SSSR count). The lowest BCUT2D eigenvalue weighted by Crippen LogP contribution is -2.43. The Labute approximate surface area is 154 Å². The van der Waals surface area contributed by atoms with Crippen LogP contribution in [-0.2, 0) is 6.54 Å². The molecule has 0 amide bonds. The highest BCUT2D eigenvalue weighted by molar-refractivity contribution is 5.75. The summed E-state index contributed by atoms with van der Waals surface area (Å²) in [6.07, 6.45) is 2.01. The topological polar surface area (TPSA) is 42.3 Å². The predicted molar refractivity (Wildman–Crippen MR) is 105 cm³/mol. The highest BCUT2D eigenvalue weighted by Crippen LogP contribution is 2.31. The van der Waals surface area contributed by atoms with E-state index < -0.39 is 0 Å². The van der Waals surface area contributed by atoms with Gasteiger partial charge in [0, 0.05) is 31.7 Å². The lowest BCUT2D eigenvalue weighted by Gasteiger charge is -2.29. The first kappa shape index (κ1) is 16.7. The Morgan fingerprint density at radius 2 is 1.73 bits per heavy atom. The molecule has 0 radical (unpaired) electrons. The van der Waals surface area contributed by atoms with Crippen molar-refractivity contribution in [1.29, 1.82) is 0 Å². The molecule has 26 heavy (non-hydrogen) atoms. The van der Waals surface area contributed by atoms with Crippen LogP contribution in [0.5, 0.6) is 5.75 Å². The van der Waals surface area contributed by atoms with Crippen LogP contribution < -0.4 is 15.0 Å². The molecule has 1 aromatic heterocycles. The Hall–Kier alpha value is -2.79. The van der Waals surface area contributed by atoms with Gasteiger partial charge in [0.1, 0.15) is 5.75 Å². The van der Waals surface area contributed by atoms with E-state index in [4.69, 9.17) is 9.84 Å². The van der Waals surface area contributed by atoms with Crippen LogP contribution in [0.3, 0.4) is 0 Å². The molecule has 134 valence electrons. The van der Waals surface area contributed by atoms with Gasteiger partial charge < -0.3 is 15.0 Å². The molecule has 0 saturated carbocycles. The fourth-order valence-electron chi connectivity index (χ4n) is 3.43. The summed E-state index contributed by atoms with van der Waals surface area (Å²) < 4.78 is 7.37.